The summed E-state index contributed by atoms with van der Waals surface area (Å²) in [5.74, 6) is 1.35. The molecule has 1 unspecified atom stereocenters. The van der Waals surface area contributed by atoms with Gasteiger partial charge in [0, 0.05) is 30.3 Å². The van der Waals surface area contributed by atoms with E-state index in [9.17, 15) is 13.2 Å². The SMILES string of the molecule is OCCC1CCN(CCSc2cccc(C(F)(F)F)c2)C1. The normalized spacial score (nSPS) is 20.1. The summed E-state index contributed by atoms with van der Waals surface area (Å²) in [6.45, 7) is 3.12. The van der Waals surface area contributed by atoms with Crippen LogP contribution < -0.4 is 0 Å². The zero-order chi connectivity index (χ0) is 15.3. The first kappa shape index (κ1) is 16.6. The molecule has 2 rings (SSSR count). The highest BCUT2D eigenvalue weighted by molar-refractivity contribution is 7.99. The molecule has 1 aromatic rings. The molecule has 1 aliphatic rings. The van der Waals surface area contributed by atoms with Gasteiger partial charge in [-0.3, -0.25) is 0 Å². The number of halogens is 3. The molecule has 0 saturated carbocycles. The molecule has 2 nitrogen and oxygen atoms in total. The van der Waals surface area contributed by atoms with Crippen LogP contribution in [0.5, 0.6) is 0 Å². The molecule has 1 saturated heterocycles. The second kappa shape index (κ2) is 7.51. The van der Waals surface area contributed by atoms with E-state index in [1.165, 1.54) is 23.9 Å². The number of rotatable bonds is 6. The number of alkyl halides is 3. The summed E-state index contributed by atoms with van der Waals surface area (Å²) < 4.78 is 37.8. The standard InChI is InChI=1S/C15H20F3NOS/c16-15(17,18)13-2-1-3-14(10-13)21-9-7-19-6-4-12(11-19)5-8-20/h1-3,10,12,20H,4-9,11H2. The number of hydrogen-bond acceptors (Lipinski definition) is 3. The van der Waals surface area contributed by atoms with Crippen LogP contribution in [0.1, 0.15) is 18.4 Å². The number of likely N-dealkylation sites (tertiary alicyclic amines) is 1. The summed E-state index contributed by atoms with van der Waals surface area (Å²) >= 11 is 1.46. The molecule has 1 aliphatic heterocycles. The average Bonchev–Trinajstić information content (AvgIpc) is 2.86. The van der Waals surface area contributed by atoms with Gasteiger partial charge in [-0.1, -0.05) is 6.07 Å². The van der Waals surface area contributed by atoms with E-state index in [2.05, 4.69) is 4.90 Å². The van der Waals surface area contributed by atoms with Crippen molar-refractivity contribution >= 4 is 11.8 Å². The van der Waals surface area contributed by atoms with Gasteiger partial charge in [0.2, 0.25) is 0 Å². The van der Waals surface area contributed by atoms with E-state index >= 15 is 0 Å². The van der Waals surface area contributed by atoms with Gasteiger partial charge in [-0.25, -0.2) is 0 Å². The number of nitrogens with zero attached hydrogens (tertiary/aromatic N) is 1. The van der Waals surface area contributed by atoms with Gasteiger partial charge in [-0.05, 0) is 43.5 Å². The molecule has 1 atom stereocenters. The second-order valence-electron chi connectivity index (χ2n) is 5.34. The van der Waals surface area contributed by atoms with Crippen LogP contribution in [-0.4, -0.2) is 42.0 Å². The number of aliphatic hydroxyl groups is 1. The van der Waals surface area contributed by atoms with Crippen LogP contribution in [-0.2, 0) is 6.18 Å². The zero-order valence-electron chi connectivity index (χ0n) is 11.8. The lowest BCUT2D eigenvalue weighted by atomic mass is 10.1. The van der Waals surface area contributed by atoms with Crippen molar-refractivity contribution in [2.24, 2.45) is 5.92 Å². The molecule has 1 N–H and O–H groups in total. The molecule has 0 aliphatic carbocycles. The first-order valence-electron chi connectivity index (χ1n) is 7.12. The lowest BCUT2D eigenvalue weighted by Gasteiger charge is -2.15. The Kier molecular flexibility index (Phi) is 5.96. The monoisotopic (exact) mass is 319 g/mol. The number of thioether (sulfide) groups is 1. The van der Waals surface area contributed by atoms with Crippen molar-refractivity contribution in [1.29, 1.82) is 0 Å². The molecule has 0 amide bonds. The van der Waals surface area contributed by atoms with Crippen LogP contribution >= 0.6 is 11.8 Å². The largest absolute Gasteiger partial charge is 0.416 e. The third-order valence-corrected chi connectivity index (χ3v) is 4.72. The van der Waals surface area contributed by atoms with Gasteiger partial charge in [-0.2, -0.15) is 13.2 Å². The van der Waals surface area contributed by atoms with E-state index < -0.39 is 11.7 Å². The minimum Gasteiger partial charge on any atom is -0.396 e. The molecule has 118 valence electrons. The first-order valence-corrected chi connectivity index (χ1v) is 8.11. The minimum atomic E-state index is -4.27. The van der Waals surface area contributed by atoms with Crippen LogP contribution in [0.15, 0.2) is 29.2 Å². The molecule has 1 fully saturated rings. The number of aliphatic hydroxyl groups excluding tert-OH is 1. The van der Waals surface area contributed by atoms with Gasteiger partial charge < -0.3 is 10.0 Å². The summed E-state index contributed by atoms with van der Waals surface area (Å²) in [4.78, 5) is 2.98. The molecule has 21 heavy (non-hydrogen) atoms. The van der Waals surface area contributed by atoms with Crippen molar-refractivity contribution in [3.63, 3.8) is 0 Å². The van der Waals surface area contributed by atoms with Crippen LogP contribution in [0.4, 0.5) is 13.2 Å². The van der Waals surface area contributed by atoms with Gasteiger partial charge in [0.05, 0.1) is 5.56 Å². The van der Waals surface area contributed by atoms with Crippen LogP contribution in [0, 0.1) is 5.92 Å². The third kappa shape index (κ3) is 5.20. The highest BCUT2D eigenvalue weighted by Crippen LogP contribution is 2.32. The number of hydrogen-bond donors (Lipinski definition) is 1. The number of benzene rings is 1. The summed E-state index contributed by atoms with van der Waals surface area (Å²) in [5, 5.41) is 8.91. The Bertz CT molecular complexity index is 453. The highest BCUT2D eigenvalue weighted by atomic mass is 32.2. The molecule has 0 radical (unpaired) electrons. The molecule has 0 spiro atoms. The predicted octanol–water partition coefficient (Wildman–Crippen LogP) is 3.50. The highest BCUT2D eigenvalue weighted by Gasteiger charge is 2.30. The molecule has 0 bridgehead atoms. The summed E-state index contributed by atoms with van der Waals surface area (Å²) in [6, 6.07) is 5.49. The van der Waals surface area contributed by atoms with E-state index in [0.717, 1.165) is 44.3 Å². The van der Waals surface area contributed by atoms with E-state index in [1.54, 1.807) is 6.07 Å². The van der Waals surface area contributed by atoms with Gasteiger partial charge in [0.1, 0.15) is 0 Å². The molecular formula is C15H20F3NOS. The Hall–Kier alpha value is -0.720. The summed E-state index contributed by atoms with van der Waals surface area (Å²) in [7, 11) is 0. The van der Waals surface area contributed by atoms with Crippen molar-refractivity contribution in [2.45, 2.75) is 23.9 Å². The van der Waals surface area contributed by atoms with Gasteiger partial charge in [0.25, 0.3) is 0 Å². The van der Waals surface area contributed by atoms with E-state index in [4.69, 9.17) is 5.11 Å². The van der Waals surface area contributed by atoms with Crippen LogP contribution in [0.25, 0.3) is 0 Å². The lowest BCUT2D eigenvalue weighted by molar-refractivity contribution is -0.137. The maximum absolute atomic E-state index is 12.6. The molecule has 1 heterocycles. The quantitative estimate of drug-likeness (QED) is 0.812. The minimum absolute atomic E-state index is 0.234. The Morgan fingerprint density at radius 2 is 2.14 bits per heavy atom. The average molecular weight is 319 g/mol. The van der Waals surface area contributed by atoms with Crippen LogP contribution in [0.3, 0.4) is 0 Å². The zero-order valence-corrected chi connectivity index (χ0v) is 12.6. The van der Waals surface area contributed by atoms with Crippen molar-refractivity contribution in [2.75, 3.05) is 32.0 Å². The maximum Gasteiger partial charge on any atom is 0.416 e. The Labute approximate surface area is 127 Å². The topological polar surface area (TPSA) is 23.5 Å². The maximum atomic E-state index is 12.6. The molecule has 6 heteroatoms. The van der Waals surface area contributed by atoms with Crippen molar-refractivity contribution in [1.82, 2.24) is 4.90 Å². The molecule has 1 aromatic carbocycles. The van der Waals surface area contributed by atoms with E-state index in [-0.39, 0.29) is 6.61 Å². The fourth-order valence-electron chi connectivity index (χ4n) is 2.59. The van der Waals surface area contributed by atoms with Crippen molar-refractivity contribution in [3.05, 3.63) is 29.8 Å². The van der Waals surface area contributed by atoms with Gasteiger partial charge in [0.15, 0.2) is 0 Å². The molecular weight excluding hydrogens is 299 g/mol. The van der Waals surface area contributed by atoms with E-state index in [0.29, 0.717) is 10.8 Å². The Balaban J connectivity index is 1.77. The summed E-state index contributed by atoms with van der Waals surface area (Å²) in [5.41, 5.74) is -0.586. The van der Waals surface area contributed by atoms with Gasteiger partial charge in [-0.15, -0.1) is 11.8 Å². The first-order chi connectivity index (χ1) is 9.99. The summed E-state index contributed by atoms with van der Waals surface area (Å²) in [6.07, 6.45) is -2.32. The van der Waals surface area contributed by atoms with Crippen molar-refractivity contribution < 1.29 is 18.3 Å². The van der Waals surface area contributed by atoms with Crippen molar-refractivity contribution in [3.8, 4) is 0 Å². The van der Waals surface area contributed by atoms with Crippen LogP contribution in [0.2, 0.25) is 0 Å². The third-order valence-electron chi connectivity index (χ3n) is 3.74. The smallest absolute Gasteiger partial charge is 0.396 e. The lowest BCUT2D eigenvalue weighted by Crippen LogP contribution is -2.23. The van der Waals surface area contributed by atoms with Gasteiger partial charge >= 0.3 is 6.18 Å². The fraction of sp³-hybridized carbons (Fsp3) is 0.600. The molecule has 0 aromatic heterocycles. The fourth-order valence-corrected chi connectivity index (χ4v) is 3.56. The second-order valence-corrected chi connectivity index (χ2v) is 6.51. The Morgan fingerprint density at radius 1 is 1.33 bits per heavy atom. The predicted molar refractivity (Wildman–Crippen MR) is 78.4 cm³/mol. The Morgan fingerprint density at radius 3 is 2.86 bits per heavy atom. The van der Waals surface area contributed by atoms with E-state index in [1.807, 2.05) is 0 Å².